The molecule has 0 atom stereocenters. The van der Waals surface area contributed by atoms with Crippen LogP contribution in [-0.4, -0.2) is 39.1 Å². The average Bonchev–Trinajstić information content (AvgIpc) is 2.65. The van der Waals surface area contributed by atoms with Gasteiger partial charge in [-0.05, 0) is 44.2 Å². The van der Waals surface area contributed by atoms with Gasteiger partial charge in [-0.15, -0.1) is 0 Å². The lowest BCUT2D eigenvalue weighted by atomic mass is 10.2. The molecule has 9 nitrogen and oxygen atoms in total. The quantitative estimate of drug-likeness (QED) is 0.318. The fraction of sp³-hybridized carbons (Fsp3) is 0.278. The third-order valence-electron chi connectivity index (χ3n) is 3.68. The SMILES string of the molecule is COc1ccc([N+](=O)[O-])cc1N(CC(=O)OC(C)C)S(=O)(=O)c1ccc(Br)cc1. The Morgan fingerprint density at radius 1 is 1.21 bits per heavy atom. The number of nitrogens with zero attached hydrogens (tertiary/aromatic N) is 2. The highest BCUT2D eigenvalue weighted by atomic mass is 79.9. The molecule has 0 aromatic heterocycles. The highest BCUT2D eigenvalue weighted by Gasteiger charge is 2.31. The zero-order valence-electron chi connectivity index (χ0n) is 15.9. The van der Waals surface area contributed by atoms with Gasteiger partial charge >= 0.3 is 5.97 Å². The summed E-state index contributed by atoms with van der Waals surface area (Å²) in [7, 11) is -2.97. The number of esters is 1. The molecule has 0 fully saturated rings. The Morgan fingerprint density at radius 2 is 1.83 bits per heavy atom. The second-order valence-corrected chi connectivity index (χ2v) is 8.90. The molecule has 156 valence electrons. The van der Waals surface area contributed by atoms with E-state index in [9.17, 15) is 23.3 Å². The first-order chi connectivity index (χ1) is 13.6. The van der Waals surface area contributed by atoms with E-state index in [1.165, 1.54) is 43.5 Å². The van der Waals surface area contributed by atoms with Gasteiger partial charge in [0.15, 0.2) is 0 Å². The van der Waals surface area contributed by atoms with Crippen molar-refractivity contribution >= 4 is 43.3 Å². The number of anilines is 1. The minimum absolute atomic E-state index is 0.0497. The lowest BCUT2D eigenvalue weighted by Crippen LogP contribution is -2.37. The van der Waals surface area contributed by atoms with Crippen LogP contribution < -0.4 is 9.04 Å². The topological polar surface area (TPSA) is 116 Å². The molecule has 0 spiro atoms. The summed E-state index contributed by atoms with van der Waals surface area (Å²) in [5.41, 5.74) is -0.501. The number of hydrogen-bond acceptors (Lipinski definition) is 7. The number of non-ortho nitro benzene ring substituents is 1. The smallest absolute Gasteiger partial charge is 0.327 e. The highest BCUT2D eigenvalue weighted by Crippen LogP contribution is 2.35. The van der Waals surface area contributed by atoms with Gasteiger partial charge in [-0.3, -0.25) is 19.2 Å². The van der Waals surface area contributed by atoms with E-state index in [0.717, 1.165) is 10.4 Å². The number of benzene rings is 2. The van der Waals surface area contributed by atoms with E-state index in [1.54, 1.807) is 13.8 Å². The second kappa shape index (κ2) is 9.23. The summed E-state index contributed by atoms with van der Waals surface area (Å²) in [6.07, 6.45) is -0.466. The van der Waals surface area contributed by atoms with Crippen LogP contribution in [0.5, 0.6) is 5.75 Å². The van der Waals surface area contributed by atoms with Gasteiger partial charge in [-0.1, -0.05) is 15.9 Å². The van der Waals surface area contributed by atoms with Crippen LogP contribution in [0.3, 0.4) is 0 Å². The van der Waals surface area contributed by atoms with Crippen molar-refractivity contribution in [2.45, 2.75) is 24.8 Å². The minimum atomic E-state index is -4.27. The van der Waals surface area contributed by atoms with E-state index in [0.29, 0.717) is 4.47 Å². The molecule has 0 radical (unpaired) electrons. The van der Waals surface area contributed by atoms with Crippen molar-refractivity contribution in [2.24, 2.45) is 0 Å². The summed E-state index contributed by atoms with van der Waals surface area (Å²) in [6, 6.07) is 9.25. The molecule has 2 aromatic rings. The van der Waals surface area contributed by atoms with Crippen LogP contribution in [0, 0.1) is 10.1 Å². The molecular weight excluding hydrogens is 468 g/mol. The first-order valence-corrected chi connectivity index (χ1v) is 10.6. The molecule has 0 amide bonds. The molecule has 11 heteroatoms. The maximum Gasteiger partial charge on any atom is 0.327 e. The van der Waals surface area contributed by atoms with Crippen LogP contribution >= 0.6 is 15.9 Å². The standard InChI is InChI=1S/C18H19BrN2O7S/c1-12(2)28-18(22)11-20(29(25,26)15-7-4-13(19)5-8-15)16-10-14(21(23)24)6-9-17(16)27-3/h4-10,12H,11H2,1-3H3. The predicted molar refractivity (Wildman–Crippen MR) is 110 cm³/mol. The van der Waals surface area contributed by atoms with Crippen LogP contribution in [0.25, 0.3) is 0 Å². The van der Waals surface area contributed by atoms with E-state index in [4.69, 9.17) is 9.47 Å². The third-order valence-corrected chi connectivity index (χ3v) is 5.99. The van der Waals surface area contributed by atoms with Crippen molar-refractivity contribution in [1.29, 1.82) is 0 Å². The molecule has 2 aromatic carbocycles. The van der Waals surface area contributed by atoms with Crippen LogP contribution in [0.15, 0.2) is 51.8 Å². The van der Waals surface area contributed by atoms with Crippen molar-refractivity contribution in [3.63, 3.8) is 0 Å². The van der Waals surface area contributed by atoms with Gasteiger partial charge in [0.2, 0.25) is 0 Å². The molecule has 29 heavy (non-hydrogen) atoms. The van der Waals surface area contributed by atoms with Crippen LogP contribution in [0.2, 0.25) is 0 Å². The highest BCUT2D eigenvalue weighted by molar-refractivity contribution is 9.10. The first kappa shape index (κ1) is 22.6. The van der Waals surface area contributed by atoms with Gasteiger partial charge in [0, 0.05) is 16.6 Å². The molecule has 0 aliphatic rings. The molecule has 0 saturated heterocycles. The summed E-state index contributed by atoms with van der Waals surface area (Å²) in [5.74, 6) is -0.761. The molecule has 0 bridgehead atoms. The van der Waals surface area contributed by atoms with E-state index >= 15 is 0 Å². The molecular formula is C18H19BrN2O7S. The molecule has 0 unspecified atom stereocenters. The van der Waals surface area contributed by atoms with Crippen molar-refractivity contribution in [2.75, 3.05) is 18.0 Å². The van der Waals surface area contributed by atoms with Gasteiger partial charge in [0.1, 0.15) is 18.0 Å². The third kappa shape index (κ3) is 5.45. The molecule has 0 heterocycles. The number of carbonyl (C=O) groups is 1. The number of ether oxygens (including phenoxy) is 2. The molecule has 0 aliphatic heterocycles. The Labute approximate surface area is 176 Å². The number of hydrogen-bond donors (Lipinski definition) is 0. The molecule has 2 rings (SSSR count). The number of halogens is 1. The van der Waals surface area contributed by atoms with Gasteiger partial charge in [-0.25, -0.2) is 8.42 Å². The largest absolute Gasteiger partial charge is 0.495 e. The van der Waals surface area contributed by atoms with Crippen molar-refractivity contribution in [3.05, 3.63) is 57.1 Å². The Hall–Kier alpha value is -2.66. The van der Waals surface area contributed by atoms with Crippen molar-refractivity contribution in [1.82, 2.24) is 0 Å². The number of rotatable bonds is 8. The maximum absolute atomic E-state index is 13.3. The maximum atomic E-state index is 13.3. The van der Waals surface area contributed by atoms with E-state index in [2.05, 4.69) is 15.9 Å². The Kier molecular flexibility index (Phi) is 7.20. The number of nitro benzene ring substituents is 1. The van der Waals surface area contributed by atoms with Crippen molar-refractivity contribution < 1.29 is 27.6 Å². The molecule has 0 N–H and O–H groups in total. The summed E-state index contributed by atoms with van der Waals surface area (Å²) >= 11 is 3.23. The fourth-order valence-corrected chi connectivity index (χ4v) is 4.11. The molecule has 0 saturated carbocycles. The number of carbonyl (C=O) groups excluding carboxylic acids is 1. The predicted octanol–water partition coefficient (Wildman–Crippen LogP) is 3.51. The number of nitro groups is 1. The first-order valence-electron chi connectivity index (χ1n) is 8.36. The Morgan fingerprint density at radius 3 is 2.34 bits per heavy atom. The molecule has 0 aliphatic carbocycles. The minimum Gasteiger partial charge on any atom is -0.495 e. The van der Waals surface area contributed by atoms with E-state index in [1.807, 2.05) is 0 Å². The zero-order valence-corrected chi connectivity index (χ0v) is 18.3. The monoisotopic (exact) mass is 486 g/mol. The van der Waals surface area contributed by atoms with Gasteiger partial charge in [-0.2, -0.15) is 0 Å². The van der Waals surface area contributed by atoms with Gasteiger partial charge in [0.05, 0.1) is 23.0 Å². The number of sulfonamides is 1. The van der Waals surface area contributed by atoms with E-state index in [-0.39, 0.29) is 22.0 Å². The normalized spacial score (nSPS) is 11.2. The zero-order chi connectivity index (χ0) is 21.8. The summed E-state index contributed by atoms with van der Waals surface area (Å²) in [6.45, 7) is 2.56. The van der Waals surface area contributed by atoms with E-state index < -0.39 is 33.6 Å². The van der Waals surface area contributed by atoms with Gasteiger partial charge < -0.3 is 9.47 Å². The summed E-state index contributed by atoms with van der Waals surface area (Å²) in [4.78, 5) is 22.7. The lowest BCUT2D eigenvalue weighted by molar-refractivity contribution is -0.384. The lowest BCUT2D eigenvalue weighted by Gasteiger charge is -2.25. The fourth-order valence-electron chi connectivity index (χ4n) is 2.44. The summed E-state index contributed by atoms with van der Waals surface area (Å²) in [5, 5.41) is 11.2. The Balaban J connectivity index is 2.65. The number of methoxy groups -OCH3 is 1. The van der Waals surface area contributed by atoms with Crippen LogP contribution in [-0.2, 0) is 19.6 Å². The second-order valence-electron chi connectivity index (χ2n) is 6.12. The van der Waals surface area contributed by atoms with Gasteiger partial charge in [0.25, 0.3) is 15.7 Å². The summed E-state index contributed by atoms with van der Waals surface area (Å²) < 4.78 is 38.3. The van der Waals surface area contributed by atoms with Crippen LogP contribution in [0.4, 0.5) is 11.4 Å². The van der Waals surface area contributed by atoms with Crippen LogP contribution in [0.1, 0.15) is 13.8 Å². The Bertz CT molecular complexity index is 1010. The average molecular weight is 487 g/mol. The van der Waals surface area contributed by atoms with Crippen molar-refractivity contribution in [3.8, 4) is 5.75 Å².